The third-order valence-electron chi connectivity index (χ3n) is 5.87. The molecule has 1 heterocycles. The zero-order valence-electron chi connectivity index (χ0n) is 14.1. The van der Waals surface area contributed by atoms with Crippen molar-refractivity contribution in [2.45, 2.75) is 57.6 Å². The summed E-state index contributed by atoms with van der Waals surface area (Å²) in [6.45, 7) is 4.01. The number of hydrogen-bond donors (Lipinski definition) is 2. The molecule has 3 rings (SSSR count). The van der Waals surface area contributed by atoms with Crippen LogP contribution >= 0.6 is 11.8 Å². The Morgan fingerprint density at radius 3 is 2.68 bits per heavy atom. The number of rotatable bonds is 5. The van der Waals surface area contributed by atoms with Crippen molar-refractivity contribution in [1.29, 1.82) is 0 Å². The Morgan fingerprint density at radius 1 is 1.32 bits per heavy atom. The van der Waals surface area contributed by atoms with Crippen molar-refractivity contribution in [3.05, 3.63) is 0 Å². The standard InChI is InChI=1S/C17H31N3OS/c1-3-21-15-11-14(17(15)7-4-8-17)20-16(18-2)19-12-13-5-9-22-10-6-13/h13-15H,3-12H2,1-2H3,(H2,18,19,20). The lowest BCUT2D eigenvalue weighted by atomic mass is 9.51. The summed E-state index contributed by atoms with van der Waals surface area (Å²) in [6.07, 6.45) is 8.26. The van der Waals surface area contributed by atoms with Gasteiger partial charge in [0.25, 0.3) is 0 Å². The van der Waals surface area contributed by atoms with Gasteiger partial charge in [0.1, 0.15) is 0 Å². The van der Waals surface area contributed by atoms with E-state index < -0.39 is 0 Å². The van der Waals surface area contributed by atoms with E-state index in [0.29, 0.717) is 17.6 Å². The second-order valence-electron chi connectivity index (χ2n) is 6.97. The van der Waals surface area contributed by atoms with Crippen molar-refractivity contribution in [3.8, 4) is 0 Å². The van der Waals surface area contributed by atoms with Gasteiger partial charge in [-0.15, -0.1) is 0 Å². The van der Waals surface area contributed by atoms with Gasteiger partial charge in [-0.1, -0.05) is 6.42 Å². The molecule has 5 heteroatoms. The molecule has 4 nitrogen and oxygen atoms in total. The van der Waals surface area contributed by atoms with Crippen LogP contribution in [0.1, 0.15) is 45.4 Å². The van der Waals surface area contributed by atoms with Crippen LogP contribution in [0.4, 0.5) is 0 Å². The Balaban J connectivity index is 1.46. The summed E-state index contributed by atoms with van der Waals surface area (Å²) in [6, 6.07) is 0.547. The summed E-state index contributed by atoms with van der Waals surface area (Å²) in [5.74, 6) is 4.44. The number of thioether (sulfide) groups is 1. The van der Waals surface area contributed by atoms with Gasteiger partial charge in [0.05, 0.1) is 6.10 Å². The Kier molecular flexibility index (Phi) is 5.55. The molecular formula is C17H31N3OS. The summed E-state index contributed by atoms with van der Waals surface area (Å²) in [5.41, 5.74) is 0.398. The summed E-state index contributed by atoms with van der Waals surface area (Å²) >= 11 is 2.09. The van der Waals surface area contributed by atoms with Crippen LogP contribution < -0.4 is 10.6 Å². The smallest absolute Gasteiger partial charge is 0.191 e. The third-order valence-corrected chi connectivity index (χ3v) is 6.92. The van der Waals surface area contributed by atoms with Crippen LogP contribution in [0.5, 0.6) is 0 Å². The Labute approximate surface area is 139 Å². The second-order valence-corrected chi connectivity index (χ2v) is 8.20. The van der Waals surface area contributed by atoms with E-state index in [9.17, 15) is 0 Å². The molecule has 126 valence electrons. The molecular weight excluding hydrogens is 294 g/mol. The number of guanidine groups is 1. The summed E-state index contributed by atoms with van der Waals surface area (Å²) in [7, 11) is 1.89. The van der Waals surface area contributed by atoms with Crippen molar-refractivity contribution >= 4 is 17.7 Å². The van der Waals surface area contributed by atoms with Gasteiger partial charge in [0.2, 0.25) is 0 Å². The van der Waals surface area contributed by atoms with Crippen LogP contribution in [0.2, 0.25) is 0 Å². The van der Waals surface area contributed by atoms with E-state index in [2.05, 4.69) is 34.3 Å². The summed E-state index contributed by atoms with van der Waals surface area (Å²) < 4.78 is 5.93. The average molecular weight is 326 g/mol. The molecule has 1 saturated heterocycles. The van der Waals surface area contributed by atoms with Gasteiger partial charge in [-0.05, 0) is 56.5 Å². The normalized spacial score (nSPS) is 31.5. The highest BCUT2D eigenvalue weighted by Gasteiger charge is 2.59. The second kappa shape index (κ2) is 7.43. The van der Waals surface area contributed by atoms with Crippen LogP contribution in [-0.4, -0.2) is 49.8 Å². The monoisotopic (exact) mass is 325 g/mol. The van der Waals surface area contributed by atoms with Crippen LogP contribution in [0.25, 0.3) is 0 Å². The van der Waals surface area contributed by atoms with Crippen LogP contribution in [0.15, 0.2) is 4.99 Å². The molecule has 1 spiro atoms. The first kappa shape index (κ1) is 16.4. The van der Waals surface area contributed by atoms with Crippen LogP contribution in [0.3, 0.4) is 0 Å². The molecule has 3 fully saturated rings. The quantitative estimate of drug-likeness (QED) is 0.602. The molecule has 2 saturated carbocycles. The fourth-order valence-corrected chi connectivity index (χ4v) is 5.40. The van der Waals surface area contributed by atoms with E-state index in [4.69, 9.17) is 4.74 Å². The number of hydrogen-bond acceptors (Lipinski definition) is 3. The van der Waals surface area contributed by atoms with Gasteiger partial charge in [-0.3, -0.25) is 4.99 Å². The SMILES string of the molecule is CCOC1CC(NC(=NC)NCC2CCSCC2)C12CCC2. The predicted molar refractivity (Wildman–Crippen MR) is 94.6 cm³/mol. The molecule has 3 aliphatic rings. The van der Waals surface area contributed by atoms with Crippen molar-refractivity contribution in [1.82, 2.24) is 10.6 Å². The summed E-state index contributed by atoms with van der Waals surface area (Å²) in [5, 5.41) is 7.24. The molecule has 0 aromatic carbocycles. The van der Waals surface area contributed by atoms with E-state index in [1.807, 2.05) is 7.05 Å². The number of aliphatic imine (C=N–C) groups is 1. The maximum absolute atomic E-state index is 5.93. The molecule has 1 aliphatic heterocycles. The Hall–Kier alpha value is -0.420. The highest BCUT2D eigenvalue weighted by Crippen LogP contribution is 2.57. The van der Waals surface area contributed by atoms with Crippen molar-refractivity contribution in [3.63, 3.8) is 0 Å². The van der Waals surface area contributed by atoms with Crippen molar-refractivity contribution in [2.75, 3.05) is 31.7 Å². The molecule has 0 radical (unpaired) electrons. The molecule has 0 aromatic rings. The number of nitrogens with zero attached hydrogens (tertiary/aromatic N) is 1. The molecule has 2 N–H and O–H groups in total. The molecule has 2 aliphatic carbocycles. The van der Waals surface area contributed by atoms with Gasteiger partial charge >= 0.3 is 0 Å². The number of nitrogens with one attached hydrogen (secondary N) is 2. The van der Waals surface area contributed by atoms with E-state index in [0.717, 1.165) is 31.4 Å². The molecule has 22 heavy (non-hydrogen) atoms. The zero-order valence-corrected chi connectivity index (χ0v) is 14.9. The summed E-state index contributed by atoms with van der Waals surface area (Å²) in [4.78, 5) is 4.44. The van der Waals surface area contributed by atoms with E-state index in [-0.39, 0.29) is 0 Å². The maximum atomic E-state index is 5.93. The number of ether oxygens (including phenoxy) is 1. The van der Waals surface area contributed by atoms with Gasteiger partial charge in [-0.25, -0.2) is 0 Å². The fraction of sp³-hybridized carbons (Fsp3) is 0.941. The van der Waals surface area contributed by atoms with Crippen LogP contribution in [-0.2, 0) is 4.74 Å². The van der Waals surface area contributed by atoms with Gasteiger partial charge in [0, 0.05) is 31.7 Å². The molecule has 0 bridgehead atoms. The fourth-order valence-electron chi connectivity index (χ4n) is 4.19. The zero-order chi connectivity index (χ0) is 15.4. The van der Waals surface area contributed by atoms with E-state index in [1.54, 1.807) is 0 Å². The van der Waals surface area contributed by atoms with E-state index in [1.165, 1.54) is 43.6 Å². The maximum Gasteiger partial charge on any atom is 0.191 e. The first-order valence-corrected chi connectivity index (χ1v) is 10.1. The first-order chi connectivity index (χ1) is 10.8. The molecule has 2 unspecified atom stereocenters. The van der Waals surface area contributed by atoms with Crippen molar-refractivity contribution < 1.29 is 4.74 Å². The Bertz CT molecular complexity index is 391. The minimum Gasteiger partial charge on any atom is -0.378 e. The van der Waals surface area contributed by atoms with Gasteiger partial charge in [0.15, 0.2) is 5.96 Å². The predicted octanol–water partition coefficient (Wildman–Crippen LogP) is 2.64. The minimum atomic E-state index is 0.398. The lowest BCUT2D eigenvalue weighted by Gasteiger charge is -2.61. The molecule has 2 atom stereocenters. The lowest BCUT2D eigenvalue weighted by Crippen LogP contribution is -2.68. The van der Waals surface area contributed by atoms with Gasteiger partial charge < -0.3 is 15.4 Å². The Morgan fingerprint density at radius 2 is 2.09 bits per heavy atom. The highest BCUT2D eigenvalue weighted by atomic mass is 32.2. The molecule has 0 aromatic heterocycles. The van der Waals surface area contributed by atoms with Crippen molar-refractivity contribution in [2.24, 2.45) is 16.3 Å². The first-order valence-electron chi connectivity index (χ1n) is 8.95. The minimum absolute atomic E-state index is 0.398. The largest absolute Gasteiger partial charge is 0.378 e. The van der Waals surface area contributed by atoms with Crippen LogP contribution in [0, 0.1) is 11.3 Å². The highest BCUT2D eigenvalue weighted by molar-refractivity contribution is 7.99. The molecule has 0 amide bonds. The third kappa shape index (κ3) is 3.25. The van der Waals surface area contributed by atoms with E-state index >= 15 is 0 Å². The average Bonchev–Trinajstić information content (AvgIpc) is 2.48. The lowest BCUT2D eigenvalue weighted by molar-refractivity contribution is -0.168. The van der Waals surface area contributed by atoms with Gasteiger partial charge in [-0.2, -0.15) is 11.8 Å². The topological polar surface area (TPSA) is 45.6 Å².